The summed E-state index contributed by atoms with van der Waals surface area (Å²) in [5.41, 5.74) is 0.719. The molecule has 0 amide bonds. The Labute approximate surface area is 110 Å². The van der Waals surface area contributed by atoms with Gasteiger partial charge in [0.25, 0.3) is 0 Å². The molecule has 5 heteroatoms. The van der Waals surface area contributed by atoms with E-state index in [0.717, 1.165) is 18.4 Å². The van der Waals surface area contributed by atoms with Crippen molar-refractivity contribution < 1.29 is 9.72 Å². The lowest BCUT2D eigenvalue weighted by Gasteiger charge is -2.20. The SMILES string of the molecule is O=C1CCC[C@H]1[C@@H](C[N+](=O)[O-])c1ccccc1Cl. The van der Waals surface area contributed by atoms with Crippen molar-refractivity contribution >= 4 is 17.4 Å². The van der Waals surface area contributed by atoms with Gasteiger partial charge >= 0.3 is 0 Å². The highest BCUT2D eigenvalue weighted by Gasteiger charge is 2.36. The van der Waals surface area contributed by atoms with E-state index in [4.69, 9.17) is 11.6 Å². The molecule has 2 rings (SSSR count). The Morgan fingerprint density at radius 2 is 2.17 bits per heavy atom. The van der Waals surface area contributed by atoms with Crippen molar-refractivity contribution in [1.82, 2.24) is 0 Å². The molecule has 96 valence electrons. The van der Waals surface area contributed by atoms with Crippen LogP contribution in [0.25, 0.3) is 0 Å². The van der Waals surface area contributed by atoms with Gasteiger partial charge in [-0.1, -0.05) is 29.8 Å². The predicted octanol–water partition coefficient (Wildman–Crippen LogP) is 3.07. The van der Waals surface area contributed by atoms with Crippen LogP contribution in [-0.4, -0.2) is 17.3 Å². The lowest BCUT2D eigenvalue weighted by molar-refractivity contribution is -0.484. The molecule has 1 saturated carbocycles. The quantitative estimate of drug-likeness (QED) is 0.622. The number of hydrogen-bond acceptors (Lipinski definition) is 3. The third kappa shape index (κ3) is 2.70. The Balaban J connectivity index is 2.33. The smallest absolute Gasteiger partial charge is 0.211 e. The first-order chi connectivity index (χ1) is 8.59. The van der Waals surface area contributed by atoms with Gasteiger partial charge in [-0.2, -0.15) is 0 Å². The van der Waals surface area contributed by atoms with E-state index in [1.54, 1.807) is 24.3 Å². The second-order valence-corrected chi connectivity index (χ2v) is 5.02. The lowest BCUT2D eigenvalue weighted by Crippen LogP contribution is -2.24. The van der Waals surface area contributed by atoms with Gasteiger partial charge in [0.05, 0.1) is 5.92 Å². The van der Waals surface area contributed by atoms with Crippen molar-refractivity contribution in [2.45, 2.75) is 25.2 Å². The number of nitrogens with zero attached hydrogens (tertiary/aromatic N) is 1. The second-order valence-electron chi connectivity index (χ2n) is 4.61. The van der Waals surface area contributed by atoms with Gasteiger partial charge in [0.2, 0.25) is 6.54 Å². The molecule has 0 spiro atoms. The van der Waals surface area contributed by atoms with Crippen molar-refractivity contribution in [2.24, 2.45) is 5.92 Å². The maximum Gasteiger partial charge on any atom is 0.211 e. The molecular formula is C13H14ClNO3. The van der Waals surface area contributed by atoms with E-state index in [1.807, 2.05) is 0 Å². The van der Waals surface area contributed by atoms with Gasteiger partial charge in [-0.3, -0.25) is 14.9 Å². The van der Waals surface area contributed by atoms with Crippen LogP contribution in [0.2, 0.25) is 5.02 Å². The number of rotatable bonds is 4. The van der Waals surface area contributed by atoms with E-state index in [2.05, 4.69) is 0 Å². The molecule has 1 fully saturated rings. The van der Waals surface area contributed by atoms with Crippen molar-refractivity contribution in [2.75, 3.05) is 6.54 Å². The molecule has 0 aromatic heterocycles. The molecule has 18 heavy (non-hydrogen) atoms. The third-order valence-electron chi connectivity index (χ3n) is 3.49. The fourth-order valence-electron chi connectivity index (χ4n) is 2.65. The van der Waals surface area contributed by atoms with E-state index >= 15 is 0 Å². The van der Waals surface area contributed by atoms with Crippen LogP contribution in [-0.2, 0) is 4.79 Å². The number of halogens is 1. The van der Waals surface area contributed by atoms with Gasteiger partial charge in [-0.15, -0.1) is 0 Å². The van der Waals surface area contributed by atoms with Gasteiger partial charge in [0.1, 0.15) is 5.78 Å². The number of benzene rings is 1. The summed E-state index contributed by atoms with van der Waals surface area (Å²) in [5, 5.41) is 11.3. The summed E-state index contributed by atoms with van der Waals surface area (Å²) in [4.78, 5) is 22.3. The monoisotopic (exact) mass is 267 g/mol. The molecule has 1 aliphatic rings. The summed E-state index contributed by atoms with van der Waals surface area (Å²) >= 11 is 6.09. The van der Waals surface area contributed by atoms with E-state index in [1.165, 1.54) is 0 Å². The minimum atomic E-state index is -0.399. The summed E-state index contributed by atoms with van der Waals surface area (Å²) in [6, 6.07) is 7.07. The molecule has 0 bridgehead atoms. The number of carbonyl (C=O) groups is 1. The topological polar surface area (TPSA) is 60.2 Å². The van der Waals surface area contributed by atoms with Crippen LogP contribution in [0.5, 0.6) is 0 Å². The predicted molar refractivity (Wildman–Crippen MR) is 68.4 cm³/mol. The zero-order chi connectivity index (χ0) is 13.1. The summed E-state index contributed by atoms with van der Waals surface area (Å²) < 4.78 is 0. The van der Waals surface area contributed by atoms with E-state index in [-0.39, 0.29) is 23.2 Å². The molecule has 1 aliphatic carbocycles. The number of Topliss-reactive ketones (excluding diaryl/α,β-unsaturated/α-hetero) is 1. The van der Waals surface area contributed by atoms with Crippen LogP contribution in [0.15, 0.2) is 24.3 Å². The molecule has 0 heterocycles. The van der Waals surface area contributed by atoms with Crippen molar-refractivity contribution in [3.05, 3.63) is 45.0 Å². The standard InChI is InChI=1S/C13H14ClNO3/c14-12-6-2-1-4-9(12)11(8-15(17)18)10-5-3-7-13(10)16/h1-2,4,6,10-11H,3,5,7-8H2/t10-,11-/m0/s1. The first-order valence-corrected chi connectivity index (χ1v) is 6.36. The highest BCUT2D eigenvalue weighted by atomic mass is 35.5. The molecule has 0 unspecified atom stereocenters. The van der Waals surface area contributed by atoms with E-state index in [0.29, 0.717) is 11.4 Å². The highest BCUT2D eigenvalue weighted by Crippen LogP contribution is 2.37. The van der Waals surface area contributed by atoms with Crippen LogP contribution >= 0.6 is 11.6 Å². The molecule has 1 aromatic carbocycles. The zero-order valence-corrected chi connectivity index (χ0v) is 10.6. The van der Waals surface area contributed by atoms with Gasteiger partial charge < -0.3 is 0 Å². The molecule has 1 aromatic rings. The van der Waals surface area contributed by atoms with Gasteiger partial charge in [-0.25, -0.2) is 0 Å². The Bertz CT molecular complexity index is 475. The van der Waals surface area contributed by atoms with Crippen LogP contribution in [0.3, 0.4) is 0 Å². The molecule has 4 nitrogen and oxygen atoms in total. The van der Waals surface area contributed by atoms with Crippen molar-refractivity contribution in [3.63, 3.8) is 0 Å². The first kappa shape index (κ1) is 13.0. The fraction of sp³-hybridized carbons (Fsp3) is 0.462. The molecule has 0 radical (unpaired) electrons. The number of nitro groups is 1. The number of hydrogen-bond donors (Lipinski definition) is 0. The second kappa shape index (κ2) is 5.48. The molecule has 2 atom stereocenters. The molecule has 0 saturated heterocycles. The fourth-order valence-corrected chi connectivity index (χ4v) is 2.92. The Hall–Kier alpha value is -1.42. The maximum absolute atomic E-state index is 11.8. The summed E-state index contributed by atoms with van der Waals surface area (Å²) in [5.74, 6) is -0.527. The Morgan fingerprint density at radius 3 is 2.72 bits per heavy atom. The van der Waals surface area contributed by atoms with Crippen LogP contribution in [0.4, 0.5) is 0 Å². The highest BCUT2D eigenvalue weighted by molar-refractivity contribution is 6.31. The molecular weight excluding hydrogens is 254 g/mol. The lowest BCUT2D eigenvalue weighted by atomic mass is 9.84. The van der Waals surface area contributed by atoms with E-state index < -0.39 is 5.92 Å². The van der Waals surface area contributed by atoms with Crippen LogP contribution < -0.4 is 0 Å². The third-order valence-corrected chi connectivity index (χ3v) is 3.83. The van der Waals surface area contributed by atoms with Crippen LogP contribution in [0.1, 0.15) is 30.7 Å². The van der Waals surface area contributed by atoms with Gasteiger partial charge in [0, 0.05) is 22.3 Å². The first-order valence-electron chi connectivity index (χ1n) is 5.98. The summed E-state index contributed by atoms with van der Waals surface area (Å²) in [7, 11) is 0. The number of carbonyl (C=O) groups excluding carboxylic acids is 1. The molecule has 0 N–H and O–H groups in total. The normalized spacial score (nSPS) is 20.9. The largest absolute Gasteiger partial charge is 0.299 e. The van der Waals surface area contributed by atoms with Crippen molar-refractivity contribution in [3.8, 4) is 0 Å². The summed E-state index contributed by atoms with van der Waals surface area (Å²) in [6.07, 6.45) is 2.08. The van der Waals surface area contributed by atoms with Crippen molar-refractivity contribution in [1.29, 1.82) is 0 Å². The van der Waals surface area contributed by atoms with Gasteiger partial charge in [-0.05, 0) is 24.5 Å². The maximum atomic E-state index is 11.8. The minimum Gasteiger partial charge on any atom is -0.299 e. The van der Waals surface area contributed by atoms with Gasteiger partial charge in [0.15, 0.2) is 0 Å². The zero-order valence-electron chi connectivity index (χ0n) is 9.84. The minimum absolute atomic E-state index is 0.127. The Morgan fingerprint density at radius 1 is 1.44 bits per heavy atom. The average Bonchev–Trinajstić information content (AvgIpc) is 2.73. The summed E-state index contributed by atoms with van der Waals surface area (Å²) in [6.45, 7) is -0.236. The Kier molecular flexibility index (Phi) is 3.97. The van der Waals surface area contributed by atoms with E-state index in [9.17, 15) is 14.9 Å². The average molecular weight is 268 g/mol. The molecule has 0 aliphatic heterocycles. The number of ketones is 1. The van der Waals surface area contributed by atoms with Crippen LogP contribution in [0, 0.1) is 16.0 Å².